The predicted octanol–water partition coefficient (Wildman–Crippen LogP) is 3.58. The lowest BCUT2D eigenvalue weighted by Crippen LogP contribution is -2.16. The molecular weight excluding hydrogens is 324 g/mol. The maximum Gasteiger partial charge on any atom is 0.341 e. The highest BCUT2D eigenvalue weighted by Gasteiger charge is 2.19. The molecule has 0 amide bonds. The molecule has 7 nitrogen and oxygen atoms in total. The molecule has 0 aromatic heterocycles. The Morgan fingerprint density at radius 1 is 1.28 bits per heavy atom. The van der Waals surface area contributed by atoms with Gasteiger partial charge >= 0.3 is 5.97 Å². The monoisotopic (exact) mass is 344 g/mol. The topological polar surface area (TPSA) is 110 Å². The predicted molar refractivity (Wildman–Crippen MR) is 91.4 cm³/mol. The fraction of sp³-hybridized carbons (Fsp3) is 0.389. The largest absolute Gasteiger partial charge is 0.461 e. The number of hydrogen-bond acceptors (Lipinski definition) is 6. The summed E-state index contributed by atoms with van der Waals surface area (Å²) in [5, 5.41) is 19.2. The molecular formula is C18H20N2O5. The van der Waals surface area contributed by atoms with Crippen molar-refractivity contribution >= 4 is 23.5 Å². The average Bonchev–Trinajstić information content (AvgIpc) is 2.60. The summed E-state index contributed by atoms with van der Waals surface area (Å²) in [6.45, 7) is 1.92. The lowest BCUT2D eigenvalue weighted by atomic mass is 10.0. The maximum absolute atomic E-state index is 12.3. The van der Waals surface area contributed by atoms with Crippen molar-refractivity contribution in [2.75, 3.05) is 6.61 Å². The first-order valence-corrected chi connectivity index (χ1v) is 8.03. The van der Waals surface area contributed by atoms with Crippen molar-refractivity contribution in [1.82, 2.24) is 0 Å². The van der Waals surface area contributed by atoms with E-state index in [0.717, 1.165) is 12.8 Å². The van der Waals surface area contributed by atoms with Gasteiger partial charge in [0, 0.05) is 18.6 Å². The third-order valence-corrected chi connectivity index (χ3v) is 3.39. The van der Waals surface area contributed by atoms with Crippen LogP contribution in [0.15, 0.2) is 29.8 Å². The highest BCUT2D eigenvalue weighted by atomic mass is 16.6. The van der Waals surface area contributed by atoms with Gasteiger partial charge < -0.3 is 4.74 Å². The number of nitrogens with zero attached hydrogens (tertiary/aromatic N) is 2. The zero-order valence-corrected chi connectivity index (χ0v) is 14.1. The molecule has 0 fully saturated rings. The molecule has 1 aromatic carbocycles. The second kappa shape index (κ2) is 10.7. The first kappa shape index (κ1) is 20.0. The number of benzene rings is 1. The van der Waals surface area contributed by atoms with Gasteiger partial charge in [0.05, 0.1) is 17.4 Å². The Kier molecular flexibility index (Phi) is 8.58. The second-order valence-electron chi connectivity index (χ2n) is 5.33. The van der Waals surface area contributed by atoms with Crippen molar-refractivity contribution < 1.29 is 19.2 Å². The molecule has 0 saturated heterocycles. The van der Waals surface area contributed by atoms with Crippen molar-refractivity contribution in [3.8, 4) is 6.07 Å². The quantitative estimate of drug-likeness (QED) is 0.122. The van der Waals surface area contributed by atoms with Gasteiger partial charge in [-0.15, -0.1) is 0 Å². The fourth-order valence-electron chi connectivity index (χ4n) is 2.05. The number of esters is 1. The van der Waals surface area contributed by atoms with Crippen LogP contribution in [-0.2, 0) is 14.3 Å². The van der Waals surface area contributed by atoms with Crippen molar-refractivity contribution in [3.05, 3.63) is 45.5 Å². The summed E-state index contributed by atoms with van der Waals surface area (Å²) in [4.78, 5) is 34.6. The van der Waals surface area contributed by atoms with Crippen LogP contribution in [0.25, 0.3) is 6.08 Å². The Morgan fingerprint density at radius 2 is 1.96 bits per heavy atom. The van der Waals surface area contributed by atoms with Crippen LogP contribution in [-0.4, -0.2) is 23.3 Å². The summed E-state index contributed by atoms with van der Waals surface area (Å²) in [5.41, 5.74) is 0.300. The molecule has 0 N–H and O–H groups in total. The van der Waals surface area contributed by atoms with E-state index in [1.54, 1.807) is 0 Å². The molecule has 0 spiro atoms. The lowest BCUT2D eigenvalue weighted by Gasteiger charge is -2.07. The van der Waals surface area contributed by atoms with Gasteiger partial charge in [-0.1, -0.05) is 19.8 Å². The van der Waals surface area contributed by atoms with E-state index in [1.807, 2.05) is 13.0 Å². The number of rotatable bonds is 10. The first-order valence-electron chi connectivity index (χ1n) is 8.03. The number of nitriles is 1. The first-order chi connectivity index (χ1) is 12.0. The zero-order valence-electron chi connectivity index (χ0n) is 14.1. The van der Waals surface area contributed by atoms with Gasteiger partial charge in [0.15, 0.2) is 5.78 Å². The summed E-state index contributed by atoms with van der Waals surface area (Å²) in [6, 6.07) is 7.37. The van der Waals surface area contributed by atoms with Crippen LogP contribution in [0.4, 0.5) is 5.69 Å². The van der Waals surface area contributed by atoms with Gasteiger partial charge in [-0.2, -0.15) is 5.26 Å². The van der Waals surface area contributed by atoms with Gasteiger partial charge in [-0.3, -0.25) is 14.9 Å². The normalized spacial score (nSPS) is 10.8. The number of Topliss-reactive ketones (excluding diaryl/α,β-unsaturated/α-hetero) is 1. The number of carbonyl (C=O) groups is 2. The molecule has 25 heavy (non-hydrogen) atoms. The molecule has 0 bridgehead atoms. The van der Waals surface area contributed by atoms with Crippen LogP contribution in [0.1, 0.15) is 44.6 Å². The minimum absolute atomic E-state index is 0.0422. The van der Waals surface area contributed by atoms with Gasteiger partial charge in [-0.25, -0.2) is 4.79 Å². The number of non-ortho nitro benzene ring substituents is 1. The van der Waals surface area contributed by atoms with Crippen LogP contribution in [0.2, 0.25) is 0 Å². The van der Waals surface area contributed by atoms with E-state index in [-0.39, 0.29) is 36.5 Å². The summed E-state index contributed by atoms with van der Waals surface area (Å²) in [7, 11) is 0. The van der Waals surface area contributed by atoms with E-state index in [2.05, 4.69) is 0 Å². The van der Waals surface area contributed by atoms with Gasteiger partial charge in [-0.05, 0) is 30.2 Å². The van der Waals surface area contributed by atoms with Gasteiger partial charge in [0.1, 0.15) is 12.2 Å². The third kappa shape index (κ3) is 6.96. The Morgan fingerprint density at radius 3 is 2.52 bits per heavy atom. The van der Waals surface area contributed by atoms with Crippen molar-refractivity contribution in [3.63, 3.8) is 0 Å². The highest BCUT2D eigenvalue weighted by molar-refractivity contribution is 6.20. The molecule has 1 aromatic rings. The number of carbonyl (C=O) groups excluding carboxylic acids is 2. The van der Waals surface area contributed by atoms with E-state index in [0.29, 0.717) is 12.0 Å². The molecule has 1 rings (SSSR count). The number of nitro groups is 1. The summed E-state index contributed by atoms with van der Waals surface area (Å²) >= 11 is 0. The molecule has 132 valence electrons. The van der Waals surface area contributed by atoms with Crippen LogP contribution < -0.4 is 0 Å². The molecule has 0 unspecified atom stereocenters. The minimum Gasteiger partial charge on any atom is -0.461 e. The van der Waals surface area contributed by atoms with E-state index in [9.17, 15) is 19.7 Å². The molecule has 0 aliphatic heterocycles. The standard InChI is InChI=1S/C18H20N2O5/c1-2-3-4-6-17(21)16(18(22)25-12-5-11-19)13-14-7-9-15(10-8-14)20(23)24/h7-10,13H,2-6,12H2,1H3/b16-13+. The van der Waals surface area contributed by atoms with Crippen molar-refractivity contribution in [2.45, 2.75) is 39.0 Å². The number of hydrogen-bond donors (Lipinski definition) is 0. The van der Waals surface area contributed by atoms with Crippen molar-refractivity contribution in [1.29, 1.82) is 5.26 Å². The van der Waals surface area contributed by atoms with Crippen LogP contribution >= 0.6 is 0 Å². The minimum atomic E-state index is -0.782. The number of unbranched alkanes of at least 4 members (excludes halogenated alkanes) is 2. The van der Waals surface area contributed by atoms with Crippen molar-refractivity contribution in [2.24, 2.45) is 0 Å². The lowest BCUT2D eigenvalue weighted by molar-refractivity contribution is -0.384. The molecule has 0 aliphatic carbocycles. The second-order valence-corrected chi connectivity index (χ2v) is 5.33. The Bertz CT molecular complexity index is 686. The third-order valence-electron chi connectivity index (χ3n) is 3.39. The van der Waals surface area contributed by atoms with Crippen LogP contribution in [0, 0.1) is 21.4 Å². The van der Waals surface area contributed by atoms with E-state index in [1.165, 1.54) is 30.3 Å². The summed E-state index contributed by atoms with van der Waals surface area (Å²) < 4.78 is 4.95. The van der Waals surface area contributed by atoms with Gasteiger partial charge in [0.25, 0.3) is 5.69 Å². The molecule has 0 heterocycles. The number of ether oxygens (including phenoxy) is 1. The zero-order chi connectivity index (χ0) is 18.7. The molecule has 0 radical (unpaired) electrons. The number of ketones is 1. The van der Waals surface area contributed by atoms with Gasteiger partial charge in [0.2, 0.25) is 0 Å². The molecule has 7 heteroatoms. The van der Waals surface area contributed by atoms with E-state index < -0.39 is 10.9 Å². The van der Waals surface area contributed by atoms with Crippen LogP contribution in [0.3, 0.4) is 0 Å². The summed E-state index contributed by atoms with van der Waals surface area (Å²) in [5.74, 6) is -1.12. The Labute approximate surface area is 146 Å². The average molecular weight is 344 g/mol. The van der Waals surface area contributed by atoms with E-state index >= 15 is 0 Å². The summed E-state index contributed by atoms with van der Waals surface area (Å²) in [6.07, 6.45) is 4.12. The molecule has 0 saturated carbocycles. The molecule has 0 atom stereocenters. The maximum atomic E-state index is 12.3. The highest BCUT2D eigenvalue weighted by Crippen LogP contribution is 2.17. The van der Waals surface area contributed by atoms with E-state index in [4.69, 9.17) is 10.00 Å². The fourth-order valence-corrected chi connectivity index (χ4v) is 2.05. The van der Waals surface area contributed by atoms with Crippen LogP contribution in [0.5, 0.6) is 0 Å². The molecule has 0 aliphatic rings. The SMILES string of the molecule is CCCCCC(=O)/C(=C\c1ccc([N+](=O)[O-])cc1)C(=O)OCCC#N. The number of nitro benzene ring substituents is 1. The Balaban J connectivity index is 2.98. The smallest absolute Gasteiger partial charge is 0.341 e. The Hall–Kier alpha value is -3.01.